The molecule has 2 aliphatic carbocycles. The molecular weight excluding hydrogens is 355 g/mol. The van der Waals surface area contributed by atoms with Crippen LogP contribution in [0.25, 0.3) is 0 Å². The molecule has 2 N–H and O–H groups in total. The molecule has 27 heavy (non-hydrogen) atoms. The summed E-state index contributed by atoms with van der Waals surface area (Å²) in [6.45, 7) is 0. The zero-order valence-electron chi connectivity index (χ0n) is 15.3. The molecule has 2 aliphatic rings. The number of nitrogens with one attached hydrogen (secondary N) is 2. The van der Waals surface area contributed by atoms with Crippen molar-refractivity contribution >= 4 is 18.9 Å². The summed E-state index contributed by atoms with van der Waals surface area (Å²) in [6.07, 6.45) is 5.34. The molecule has 0 aliphatic heterocycles. The second-order valence-corrected chi connectivity index (χ2v) is 8.98. The summed E-state index contributed by atoms with van der Waals surface area (Å²) < 4.78 is 13.1. The van der Waals surface area contributed by atoms with E-state index in [4.69, 9.17) is 0 Å². The average Bonchev–Trinajstić information content (AvgIpc) is 3.32. The standard InChI is InChI=1S/C22H25N2O2P/c25-27(26,24-18-11-5-2-6-12-18)22-16-8-14-20(22)19-13-7-15-21(19)23-17-9-3-1-4-10-17/h1-6,9-12,23H,7-8,13-16H2,(H2,24,25,26)/p-1. The molecule has 140 valence electrons. The predicted octanol–water partition coefficient (Wildman–Crippen LogP) is 5.64. The van der Waals surface area contributed by atoms with E-state index in [1.54, 1.807) is 12.1 Å². The Morgan fingerprint density at radius 3 is 2.04 bits per heavy atom. The number of anilines is 2. The first-order valence-corrected chi connectivity index (χ1v) is 11.2. The lowest BCUT2D eigenvalue weighted by Crippen LogP contribution is -2.12. The fraction of sp³-hybridized carbons (Fsp3) is 0.273. The highest BCUT2D eigenvalue weighted by Gasteiger charge is 2.29. The van der Waals surface area contributed by atoms with Crippen LogP contribution < -0.4 is 15.3 Å². The number of para-hydroxylation sites is 2. The van der Waals surface area contributed by atoms with Crippen molar-refractivity contribution in [2.75, 3.05) is 10.4 Å². The van der Waals surface area contributed by atoms with Crippen LogP contribution in [-0.4, -0.2) is 0 Å². The van der Waals surface area contributed by atoms with Crippen molar-refractivity contribution in [2.45, 2.75) is 38.5 Å². The van der Waals surface area contributed by atoms with Crippen LogP contribution in [0, 0.1) is 0 Å². The molecule has 0 saturated carbocycles. The van der Waals surface area contributed by atoms with Gasteiger partial charge in [-0.2, -0.15) is 0 Å². The second kappa shape index (κ2) is 7.75. The topological polar surface area (TPSA) is 64.2 Å². The van der Waals surface area contributed by atoms with E-state index in [9.17, 15) is 9.46 Å². The van der Waals surface area contributed by atoms with E-state index >= 15 is 0 Å². The Bertz CT molecular complexity index is 920. The fourth-order valence-corrected chi connectivity index (χ4v) is 5.72. The van der Waals surface area contributed by atoms with Gasteiger partial charge in [-0.15, -0.1) is 0 Å². The summed E-state index contributed by atoms with van der Waals surface area (Å²) in [7, 11) is -3.86. The molecule has 4 rings (SSSR count). The molecule has 0 radical (unpaired) electrons. The van der Waals surface area contributed by atoms with E-state index < -0.39 is 7.52 Å². The smallest absolute Gasteiger partial charge is 0.126 e. The van der Waals surface area contributed by atoms with Crippen molar-refractivity contribution in [3.63, 3.8) is 0 Å². The normalized spacial score (nSPS) is 19.3. The van der Waals surface area contributed by atoms with Crippen LogP contribution in [0.2, 0.25) is 0 Å². The largest absolute Gasteiger partial charge is 0.780 e. The van der Waals surface area contributed by atoms with Gasteiger partial charge in [-0.05, 0) is 79.3 Å². The molecular formula is C22H24N2O2P-. The number of rotatable bonds is 6. The summed E-state index contributed by atoms with van der Waals surface area (Å²) in [5.74, 6) is 0. The zero-order chi connectivity index (χ0) is 18.7. The summed E-state index contributed by atoms with van der Waals surface area (Å²) in [4.78, 5) is 13.1. The molecule has 1 atom stereocenters. The molecule has 0 aromatic heterocycles. The molecule has 5 heteroatoms. The van der Waals surface area contributed by atoms with Gasteiger partial charge in [0.2, 0.25) is 0 Å². The maximum Gasteiger partial charge on any atom is 0.126 e. The first-order valence-electron chi connectivity index (χ1n) is 9.55. The van der Waals surface area contributed by atoms with E-state index in [0.29, 0.717) is 17.4 Å². The van der Waals surface area contributed by atoms with Gasteiger partial charge in [-0.1, -0.05) is 36.4 Å². The summed E-state index contributed by atoms with van der Waals surface area (Å²) in [6, 6.07) is 19.2. The van der Waals surface area contributed by atoms with E-state index in [1.807, 2.05) is 48.5 Å². The lowest BCUT2D eigenvalue weighted by Gasteiger charge is -2.29. The van der Waals surface area contributed by atoms with Crippen molar-refractivity contribution < 1.29 is 9.46 Å². The van der Waals surface area contributed by atoms with Gasteiger partial charge < -0.3 is 19.9 Å². The third-order valence-corrected chi connectivity index (χ3v) is 7.00. The molecule has 0 amide bonds. The van der Waals surface area contributed by atoms with Crippen LogP contribution >= 0.6 is 7.52 Å². The number of hydrogen-bond donors (Lipinski definition) is 2. The van der Waals surface area contributed by atoms with Gasteiger partial charge in [0, 0.05) is 17.1 Å². The van der Waals surface area contributed by atoms with Gasteiger partial charge in [0.15, 0.2) is 0 Å². The van der Waals surface area contributed by atoms with Crippen LogP contribution in [0.5, 0.6) is 0 Å². The van der Waals surface area contributed by atoms with Gasteiger partial charge in [0.1, 0.15) is 7.52 Å². The van der Waals surface area contributed by atoms with E-state index in [2.05, 4.69) is 10.4 Å². The van der Waals surface area contributed by atoms with Crippen molar-refractivity contribution in [3.8, 4) is 0 Å². The predicted molar refractivity (Wildman–Crippen MR) is 109 cm³/mol. The summed E-state index contributed by atoms with van der Waals surface area (Å²) in [5, 5.41) is 6.89. The third kappa shape index (κ3) is 4.02. The molecule has 2 aromatic carbocycles. The SMILES string of the molecule is O=P([O-])(Nc1ccccc1)C1=C(C2=C(Nc3ccccc3)CCC2)CCC1. The fourth-order valence-electron chi connectivity index (χ4n) is 4.04. The minimum atomic E-state index is -3.86. The molecule has 4 nitrogen and oxygen atoms in total. The first kappa shape index (κ1) is 18.1. The third-order valence-electron chi connectivity index (χ3n) is 5.25. The van der Waals surface area contributed by atoms with E-state index in [1.165, 1.54) is 11.3 Å². The van der Waals surface area contributed by atoms with Gasteiger partial charge in [0.25, 0.3) is 0 Å². The Labute approximate surface area is 160 Å². The number of benzene rings is 2. The molecule has 2 aromatic rings. The zero-order valence-corrected chi connectivity index (χ0v) is 16.2. The highest BCUT2D eigenvalue weighted by molar-refractivity contribution is 7.62. The Morgan fingerprint density at radius 2 is 1.33 bits per heavy atom. The van der Waals surface area contributed by atoms with E-state index in [-0.39, 0.29) is 0 Å². The lowest BCUT2D eigenvalue weighted by molar-refractivity contribution is -0.171. The molecule has 0 saturated heterocycles. The second-order valence-electron chi connectivity index (χ2n) is 7.11. The number of allylic oxidation sites excluding steroid dienone is 4. The Kier molecular flexibility index (Phi) is 5.20. The van der Waals surface area contributed by atoms with Crippen LogP contribution in [0.3, 0.4) is 0 Å². The van der Waals surface area contributed by atoms with Crippen molar-refractivity contribution in [1.29, 1.82) is 0 Å². The van der Waals surface area contributed by atoms with Gasteiger partial charge >= 0.3 is 0 Å². The average molecular weight is 379 g/mol. The van der Waals surface area contributed by atoms with Crippen LogP contribution in [0.1, 0.15) is 38.5 Å². The summed E-state index contributed by atoms with van der Waals surface area (Å²) >= 11 is 0. The monoisotopic (exact) mass is 379 g/mol. The van der Waals surface area contributed by atoms with Gasteiger partial charge in [-0.25, -0.2) is 0 Å². The highest BCUT2D eigenvalue weighted by atomic mass is 31.2. The first-order chi connectivity index (χ1) is 13.1. The summed E-state index contributed by atoms with van der Waals surface area (Å²) in [5.41, 5.74) is 5.10. The number of hydrogen-bond acceptors (Lipinski definition) is 3. The van der Waals surface area contributed by atoms with Crippen LogP contribution in [0.15, 0.2) is 82.8 Å². The maximum absolute atomic E-state index is 13.1. The van der Waals surface area contributed by atoms with Gasteiger partial charge in [0.05, 0.1) is 0 Å². The maximum atomic E-state index is 13.1. The Balaban J connectivity index is 1.65. The molecule has 0 spiro atoms. The molecule has 0 bridgehead atoms. The molecule has 1 unspecified atom stereocenters. The Morgan fingerprint density at radius 1 is 0.741 bits per heavy atom. The minimum Gasteiger partial charge on any atom is -0.780 e. The molecule has 0 heterocycles. The molecule has 0 fully saturated rings. The lowest BCUT2D eigenvalue weighted by atomic mass is 10.0. The van der Waals surface area contributed by atoms with Crippen LogP contribution in [0.4, 0.5) is 11.4 Å². The highest BCUT2D eigenvalue weighted by Crippen LogP contribution is 2.55. The van der Waals surface area contributed by atoms with Crippen molar-refractivity contribution in [2.24, 2.45) is 0 Å². The Hall–Kier alpha value is -2.29. The van der Waals surface area contributed by atoms with Crippen molar-refractivity contribution in [1.82, 2.24) is 0 Å². The van der Waals surface area contributed by atoms with E-state index in [0.717, 1.165) is 43.4 Å². The quantitative estimate of drug-likeness (QED) is 0.638. The minimum absolute atomic E-state index is 0.593. The van der Waals surface area contributed by atoms with Gasteiger partial charge in [-0.3, -0.25) is 0 Å². The van der Waals surface area contributed by atoms with Crippen molar-refractivity contribution in [3.05, 3.63) is 82.8 Å². The van der Waals surface area contributed by atoms with Crippen LogP contribution in [-0.2, 0) is 4.57 Å².